The molecule has 1 fully saturated rings. The Morgan fingerprint density at radius 3 is 2.74 bits per heavy atom. The number of carbonyl (C=O) groups is 1. The molecular weight excluding hydrogens is 440 g/mol. The van der Waals surface area contributed by atoms with Crippen LogP contribution >= 0.6 is 11.3 Å². The second kappa shape index (κ2) is 10.7. The maximum atomic E-state index is 13.1. The molecule has 1 aliphatic heterocycles. The Labute approximate surface area is 187 Å². The number of thiazole rings is 1. The van der Waals surface area contributed by atoms with Gasteiger partial charge in [-0.05, 0) is 31.5 Å². The molecule has 172 valence electrons. The molecule has 3 rings (SSSR count). The van der Waals surface area contributed by atoms with Crippen LogP contribution in [0.4, 0.5) is 5.13 Å². The number of carbonyl (C=O) groups excluding carboxylic acids is 1. The minimum Gasteiger partial charge on any atom is -0.494 e. The number of sulfonamides is 1. The number of anilines is 1. The van der Waals surface area contributed by atoms with E-state index >= 15 is 0 Å². The molecule has 0 aliphatic carbocycles. The normalized spacial score (nSPS) is 15.5. The quantitative estimate of drug-likeness (QED) is 0.521. The third-order valence-corrected chi connectivity index (χ3v) is 7.38. The third-order valence-electron chi connectivity index (χ3n) is 5.08. The lowest BCUT2D eigenvalue weighted by atomic mass is 10.3. The summed E-state index contributed by atoms with van der Waals surface area (Å²) in [7, 11) is -2.05. The lowest BCUT2D eigenvalue weighted by Gasteiger charge is -2.28. The molecule has 2 aromatic rings. The lowest BCUT2D eigenvalue weighted by molar-refractivity contribution is -0.118. The summed E-state index contributed by atoms with van der Waals surface area (Å²) in [5, 5.41) is 0.567. The fourth-order valence-electron chi connectivity index (χ4n) is 3.26. The third kappa shape index (κ3) is 6.59. The molecule has 1 aromatic carbocycles. The van der Waals surface area contributed by atoms with Gasteiger partial charge in [0.1, 0.15) is 5.75 Å². The van der Waals surface area contributed by atoms with Crippen molar-refractivity contribution in [1.29, 1.82) is 0 Å². The Kier molecular flexibility index (Phi) is 8.23. The van der Waals surface area contributed by atoms with Crippen molar-refractivity contribution in [2.45, 2.75) is 13.3 Å². The number of hydrogen-bond donors (Lipinski definition) is 0. The van der Waals surface area contributed by atoms with Gasteiger partial charge >= 0.3 is 0 Å². The van der Waals surface area contributed by atoms with Gasteiger partial charge in [0.15, 0.2) is 5.13 Å². The molecule has 1 saturated heterocycles. The molecule has 11 heteroatoms. The number of fused-ring (bicyclic) bond motifs is 1. The molecule has 1 aliphatic rings. The summed E-state index contributed by atoms with van der Waals surface area (Å²) in [5.41, 5.74) is 0.783. The minimum atomic E-state index is -3.46. The molecule has 9 nitrogen and oxygen atoms in total. The largest absolute Gasteiger partial charge is 0.494 e. The second-order valence-corrected chi connectivity index (χ2v) is 10.5. The van der Waals surface area contributed by atoms with E-state index in [0.717, 1.165) is 65.8 Å². The van der Waals surface area contributed by atoms with Crippen LogP contribution in [-0.2, 0) is 19.6 Å². The molecular formula is C20H30N4O5S2. The monoisotopic (exact) mass is 470 g/mol. The molecule has 0 N–H and O–H groups in total. The van der Waals surface area contributed by atoms with E-state index in [2.05, 4.69) is 9.88 Å². The number of hydrogen-bond acceptors (Lipinski definition) is 8. The number of benzene rings is 1. The number of likely N-dealkylation sites (N-methyl/N-ethyl adjacent to an activating group) is 1. The molecule has 0 radical (unpaired) electrons. The number of amides is 1. The van der Waals surface area contributed by atoms with Crippen LogP contribution in [0, 0.1) is 0 Å². The van der Waals surface area contributed by atoms with E-state index in [-0.39, 0.29) is 12.5 Å². The summed E-state index contributed by atoms with van der Waals surface area (Å²) in [6.45, 7) is 6.79. The fraction of sp³-hybridized carbons (Fsp3) is 0.600. The highest BCUT2D eigenvalue weighted by molar-refractivity contribution is 7.88. The molecule has 0 saturated carbocycles. The first-order valence-electron chi connectivity index (χ1n) is 10.3. The lowest BCUT2D eigenvalue weighted by Crippen LogP contribution is -2.43. The highest BCUT2D eigenvalue weighted by Crippen LogP contribution is 2.32. The fourth-order valence-corrected chi connectivity index (χ4v) is 4.64. The van der Waals surface area contributed by atoms with E-state index in [1.165, 1.54) is 18.4 Å². The summed E-state index contributed by atoms with van der Waals surface area (Å²) in [6.07, 6.45) is 1.85. The molecule has 1 amide bonds. The van der Waals surface area contributed by atoms with E-state index in [0.29, 0.717) is 18.3 Å². The van der Waals surface area contributed by atoms with Gasteiger partial charge in [-0.15, -0.1) is 0 Å². The minimum absolute atomic E-state index is 0.226. The van der Waals surface area contributed by atoms with Crippen LogP contribution in [0.2, 0.25) is 0 Å². The zero-order valence-corrected chi connectivity index (χ0v) is 19.9. The van der Waals surface area contributed by atoms with Crippen LogP contribution in [0.1, 0.15) is 13.3 Å². The van der Waals surface area contributed by atoms with Crippen LogP contribution < -0.4 is 9.64 Å². The molecule has 0 unspecified atom stereocenters. The summed E-state index contributed by atoms with van der Waals surface area (Å²) >= 11 is 1.41. The first-order valence-corrected chi connectivity index (χ1v) is 13.0. The maximum Gasteiger partial charge on any atom is 0.244 e. The van der Waals surface area contributed by atoms with Crippen molar-refractivity contribution in [2.24, 2.45) is 0 Å². The van der Waals surface area contributed by atoms with Crippen LogP contribution in [0.3, 0.4) is 0 Å². The number of rotatable bonds is 10. The number of ether oxygens (including phenoxy) is 2. The first kappa shape index (κ1) is 23.9. The van der Waals surface area contributed by atoms with Gasteiger partial charge in [-0.25, -0.2) is 13.4 Å². The molecule has 2 heterocycles. The van der Waals surface area contributed by atoms with E-state index in [9.17, 15) is 13.2 Å². The smallest absolute Gasteiger partial charge is 0.244 e. The van der Waals surface area contributed by atoms with Gasteiger partial charge in [0.05, 0.1) is 42.8 Å². The van der Waals surface area contributed by atoms with Crippen LogP contribution in [0.25, 0.3) is 10.2 Å². The topological polar surface area (TPSA) is 92.3 Å². The highest BCUT2D eigenvalue weighted by atomic mass is 32.2. The predicted octanol–water partition coefficient (Wildman–Crippen LogP) is 1.64. The Morgan fingerprint density at radius 1 is 1.32 bits per heavy atom. The van der Waals surface area contributed by atoms with Crippen molar-refractivity contribution >= 4 is 42.6 Å². The average Bonchev–Trinajstić information content (AvgIpc) is 3.14. The van der Waals surface area contributed by atoms with Gasteiger partial charge in [-0.2, -0.15) is 4.31 Å². The SMILES string of the molecule is CCOc1ccc2nc(N(CCCN3CCOCC3)C(=O)CN(C)S(C)(=O)=O)sc2c1. The Balaban J connectivity index is 1.78. The molecule has 0 spiro atoms. The van der Waals surface area contributed by atoms with Gasteiger partial charge in [0.2, 0.25) is 15.9 Å². The zero-order chi connectivity index (χ0) is 22.4. The summed E-state index contributed by atoms with van der Waals surface area (Å²) in [4.78, 5) is 21.6. The molecule has 31 heavy (non-hydrogen) atoms. The number of nitrogens with zero attached hydrogens (tertiary/aromatic N) is 4. The molecule has 0 bridgehead atoms. The number of morpholine rings is 1. The number of aromatic nitrogens is 1. The zero-order valence-electron chi connectivity index (χ0n) is 18.2. The van der Waals surface area contributed by atoms with E-state index < -0.39 is 10.0 Å². The van der Waals surface area contributed by atoms with Crippen molar-refractivity contribution in [3.05, 3.63) is 18.2 Å². The maximum absolute atomic E-state index is 13.1. The predicted molar refractivity (Wildman–Crippen MR) is 122 cm³/mol. The van der Waals surface area contributed by atoms with Crippen molar-refractivity contribution < 1.29 is 22.7 Å². The summed E-state index contributed by atoms with van der Waals surface area (Å²) in [5.74, 6) is 0.464. The van der Waals surface area contributed by atoms with Gasteiger partial charge in [-0.1, -0.05) is 11.3 Å². The van der Waals surface area contributed by atoms with E-state index in [1.807, 2.05) is 25.1 Å². The second-order valence-electron chi connectivity index (χ2n) is 7.43. The Bertz CT molecular complexity index is 989. The Hall–Kier alpha value is -1.79. The van der Waals surface area contributed by atoms with Gasteiger partial charge < -0.3 is 9.47 Å². The van der Waals surface area contributed by atoms with Crippen molar-refractivity contribution in [3.8, 4) is 5.75 Å². The van der Waals surface area contributed by atoms with E-state index in [4.69, 9.17) is 9.47 Å². The first-order chi connectivity index (χ1) is 14.8. The average molecular weight is 471 g/mol. The van der Waals surface area contributed by atoms with Crippen LogP contribution in [0.15, 0.2) is 18.2 Å². The van der Waals surface area contributed by atoms with Crippen molar-refractivity contribution in [1.82, 2.24) is 14.2 Å². The highest BCUT2D eigenvalue weighted by Gasteiger charge is 2.24. The van der Waals surface area contributed by atoms with Gasteiger partial charge in [-0.3, -0.25) is 14.6 Å². The van der Waals surface area contributed by atoms with Crippen molar-refractivity contribution in [2.75, 3.05) is 70.7 Å². The van der Waals surface area contributed by atoms with Gasteiger partial charge in [0.25, 0.3) is 0 Å². The van der Waals surface area contributed by atoms with E-state index in [1.54, 1.807) is 4.90 Å². The summed E-state index contributed by atoms with van der Waals surface area (Å²) in [6, 6.07) is 5.65. The standard InChI is InChI=1S/C20H30N4O5S2/c1-4-29-16-6-7-17-18(14-16)30-20(21-17)24(19(25)15-22(2)31(3,26)27)9-5-8-23-10-12-28-13-11-23/h6-7,14H,4-5,8-13,15H2,1-3H3. The van der Waals surface area contributed by atoms with Crippen LogP contribution in [-0.4, -0.2) is 94.4 Å². The summed E-state index contributed by atoms with van der Waals surface area (Å²) < 4.78 is 36.5. The van der Waals surface area contributed by atoms with Gasteiger partial charge in [0, 0.05) is 33.2 Å². The molecule has 0 atom stereocenters. The van der Waals surface area contributed by atoms with Crippen molar-refractivity contribution in [3.63, 3.8) is 0 Å². The Morgan fingerprint density at radius 2 is 2.06 bits per heavy atom. The van der Waals surface area contributed by atoms with Crippen LogP contribution in [0.5, 0.6) is 5.75 Å². The molecule has 1 aromatic heterocycles.